The first-order valence-electron chi connectivity index (χ1n) is 6.83. The average Bonchev–Trinajstić information content (AvgIpc) is 2.93. The van der Waals surface area contributed by atoms with Crippen molar-refractivity contribution in [3.05, 3.63) is 53.1 Å². The number of hydrogen-bond acceptors (Lipinski definition) is 5. The molecule has 0 aliphatic heterocycles. The molecule has 21 heavy (non-hydrogen) atoms. The van der Waals surface area contributed by atoms with Crippen LogP contribution in [0.4, 0.5) is 0 Å². The number of aryl methyl sites for hydroxylation is 1. The highest BCUT2D eigenvalue weighted by atomic mass is 16.1. The molecule has 0 radical (unpaired) electrons. The molecule has 7 heteroatoms. The molecule has 0 aliphatic carbocycles. The number of rotatable bonds is 6. The Morgan fingerprint density at radius 2 is 2.10 bits per heavy atom. The van der Waals surface area contributed by atoms with Gasteiger partial charge in [-0.3, -0.25) is 9.78 Å². The van der Waals surface area contributed by atoms with Crippen molar-refractivity contribution in [3.8, 4) is 0 Å². The smallest absolute Gasteiger partial charge is 0.278 e. The molecule has 0 atom stereocenters. The highest BCUT2D eigenvalue weighted by Gasteiger charge is 2.06. The normalized spacial score (nSPS) is 11.0. The van der Waals surface area contributed by atoms with Crippen molar-refractivity contribution in [1.82, 2.24) is 29.8 Å². The molecule has 2 N–H and O–H groups in total. The summed E-state index contributed by atoms with van der Waals surface area (Å²) in [5.74, 6) is 0. The van der Waals surface area contributed by atoms with Crippen LogP contribution in [0.5, 0.6) is 0 Å². The Labute approximate surface area is 121 Å². The zero-order valence-corrected chi connectivity index (χ0v) is 11.5. The van der Waals surface area contributed by atoms with Crippen molar-refractivity contribution in [3.63, 3.8) is 0 Å². The summed E-state index contributed by atoms with van der Waals surface area (Å²) in [4.78, 5) is 26.3. The minimum atomic E-state index is -0.199. The SMILES string of the molecule is O=c1[nH]cnc2c1ncn2CCCNCc1ccncc1. The molecule has 0 bridgehead atoms. The average molecular weight is 284 g/mol. The second kappa shape index (κ2) is 6.27. The van der Waals surface area contributed by atoms with Crippen LogP contribution in [0, 0.1) is 0 Å². The van der Waals surface area contributed by atoms with Crippen molar-refractivity contribution in [2.24, 2.45) is 0 Å². The zero-order chi connectivity index (χ0) is 14.5. The molecule has 7 nitrogen and oxygen atoms in total. The lowest BCUT2D eigenvalue weighted by atomic mass is 10.2. The number of pyridine rings is 1. The van der Waals surface area contributed by atoms with Gasteiger partial charge in [-0.25, -0.2) is 9.97 Å². The topological polar surface area (TPSA) is 88.5 Å². The number of aromatic amines is 1. The summed E-state index contributed by atoms with van der Waals surface area (Å²) in [5, 5.41) is 3.37. The quantitative estimate of drug-likeness (QED) is 0.650. The van der Waals surface area contributed by atoms with Crippen LogP contribution in [0.1, 0.15) is 12.0 Å². The lowest BCUT2D eigenvalue weighted by Gasteiger charge is -2.06. The van der Waals surface area contributed by atoms with E-state index in [1.807, 2.05) is 16.7 Å². The summed E-state index contributed by atoms with van der Waals surface area (Å²) in [6, 6.07) is 3.99. The third kappa shape index (κ3) is 3.14. The van der Waals surface area contributed by atoms with Gasteiger partial charge < -0.3 is 14.9 Å². The fraction of sp³-hybridized carbons (Fsp3) is 0.286. The highest BCUT2D eigenvalue weighted by molar-refractivity contribution is 5.68. The fourth-order valence-corrected chi connectivity index (χ4v) is 2.16. The van der Waals surface area contributed by atoms with E-state index >= 15 is 0 Å². The van der Waals surface area contributed by atoms with E-state index in [4.69, 9.17) is 0 Å². The predicted octanol–water partition coefficient (Wildman–Crippen LogP) is 0.694. The Morgan fingerprint density at radius 3 is 2.95 bits per heavy atom. The Morgan fingerprint density at radius 1 is 1.24 bits per heavy atom. The van der Waals surface area contributed by atoms with Gasteiger partial charge in [-0.2, -0.15) is 0 Å². The van der Waals surface area contributed by atoms with Gasteiger partial charge in [-0.05, 0) is 30.7 Å². The molecule has 3 aromatic rings. The van der Waals surface area contributed by atoms with Crippen molar-refractivity contribution in [2.45, 2.75) is 19.5 Å². The lowest BCUT2D eigenvalue weighted by molar-refractivity contribution is 0.586. The Hall–Kier alpha value is -2.54. The first-order valence-corrected chi connectivity index (χ1v) is 6.83. The number of hydrogen-bond donors (Lipinski definition) is 2. The molecular weight excluding hydrogens is 268 g/mol. The maximum Gasteiger partial charge on any atom is 0.278 e. The number of imidazole rings is 1. The number of aromatic nitrogens is 5. The predicted molar refractivity (Wildman–Crippen MR) is 78.7 cm³/mol. The molecular formula is C14H16N6O. The van der Waals surface area contributed by atoms with Crippen LogP contribution >= 0.6 is 0 Å². The first-order chi connectivity index (χ1) is 10.3. The molecule has 108 valence electrons. The summed E-state index contributed by atoms with van der Waals surface area (Å²) in [7, 11) is 0. The molecule has 0 fully saturated rings. The van der Waals surface area contributed by atoms with Gasteiger partial charge in [0.15, 0.2) is 11.2 Å². The second-order valence-electron chi connectivity index (χ2n) is 4.73. The Bertz CT molecular complexity index is 764. The molecule has 0 spiro atoms. The third-order valence-corrected chi connectivity index (χ3v) is 3.24. The summed E-state index contributed by atoms with van der Waals surface area (Å²) < 4.78 is 1.90. The van der Waals surface area contributed by atoms with E-state index in [-0.39, 0.29) is 5.56 Å². The third-order valence-electron chi connectivity index (χ3n) is 3.24. The monoisotopic (exact) mass is 284 g/mol. The van der Waals surface area contributed by atoms with Crippen molar-refractivity contribution in [1.29, 1.82) is 0 Å². The van der Waals surface area contributed by atoms with E-state index in [1.165, 1.54) is 11.9 Å². The lowest BCUT2D eigenvalue weighted by Crippen LogP contribution is -2.16. The molecule has 0 saturated carbocycles. The van der Waals surface area contributed by atoms with Crippen LogP contribution in [0.3, 0.4) is 0 Å². The van der Waals surface area contributed by atoms with Gasteiger partial charge in [0, 0.05) is 25.5 Å². The number of nitrogens with zero attached hydrogens (tertiary/aromatic N) is 4. The van der Waals surface area contributed by atoms with E-state index < -0.39 is 0 Å². The summed E-state index contributed by atoms with van der Waals surface area (Å²) in [5.41, 5.74) is 2.04. The fourth-order valence-electron chi connectivity index (χ4n) is 2.16. The standard InChI is InChI=1S/C14H16N6O/c21-14-12-13(17-9-18-14)20(10-19-12)7-1-4-16-8-11-2-5-15-6-3-11/h2-3,5-6,9-10,16H,1,4,7-8H2,(H,17,18,21). The molecule has 0 amide bonds. The second-order valence-corrected chi connectivity index (χ2v) is 4.73. The van der Waals surface area contributed by atoms with Gasteiger partial charge in [0.2, 0.25) is 0 Å². The summed E-state index contributed by atoms with van der Waals surface area (Å²) in [6.45, 7) is 2.48. The van der Waals surface area contributed by atoms with Crippen LogP contribution in [0.25, 0.3) is 11.2 Å². The van der Waals surface area contributed by atoms with Gasteiger partial charge in [-0.15, -0.1) is 0 Å². The maximum atomic E-state index is 11.5. The molecule has 3 aromatic heterocycles. The molecule has 0 aromatic carbocycles. The maximum absolute atomic E-state index is 11.5. The minimum Gasteiger partial charge on any atom is -0.315 e. The van der Waals surface area contributed by atoms with Crippen molar-refractivity contribution in [2.75, 3.05) is 6.54 Å². The highest BCUT2D eigenvalue weighted by Crippen LogP contribution is 2.04. The molecule has 0 aliphatic rings. The van der Waals surface area contributed by atoms with Gasteiger partial charge in [0.1, 0.15) is 0 Å². The van der Waals surface area contributed by atoms with Gasteiger partial charge in [0.25, 0.3) is 5.56 Å². The number of H-pyrrole nitrogens is 1. The zero-order valence-electron chi connectivity index (χ0n) is 11.5. The van der Waals surface area contributed by atoms with E-state index in [9.17, 15) is 4.79 Å². The van der Waals surface area contributed by atoms with Crippen LogP contribution in [-0.2, 0) is 13.1 Å². The molecule has 3 heterocycles. The Balaban J connectivity index is 1.51. The van der Waals surface area contributed by atoms with Gasteiger partial charge >= 0.3 is 0 Å². The first kappa shape index (κ1) is 13.4. The number of fused-ring (bicyclic) bond motifs is 1. The van der Waals surface area contributed by atoms with Crippen LogP contribution in [0.2, 0.25) is 0 Å². The largest absolute Gasteiger partial charge is 0.315 e. The summed E-state index contributed by atoms with van der Waals surface area (Å²) >= 11 is 0. The van der Waals surface area contributed by atoms with Crippen molar-refractivity contribution < 1.29 is 0 Å². The van der Waals surface area contributed by atoms with E-state index in [1.54, 1.807) is 18.7 Å². The van der Waals surface area contributed by atoms with Crippen LogP contribution in [0.15, 0.2) is 42.0 Å². The van der Waals surface area contributed by atoms with Crippen molar-refractivity contribution >= 4 is 11.2 Å². The molecule has 0 saturated heterocycles. The molecule has 0 unspecified atom stereocenters. The van der Waals surface area contributed by atoms with Gasteiger partial charge in [0.05, 0.1) is 12.7 Å². The molecule has 3 rings (SSSR count). The van der Waals surface area contributed by atoms with E-state index in [0.717, 1.165) is 26.1 Å². The van der Waals surface area contributed by atoms with Gasteiger partial charge in [-0.1, -0.05) is 0 Å². The van der Waals surface area contributed by atoms with Crippen LogP contribution in [-0.4, -0.2) is 31.0 Å². The van der Waals surface area contributed by atoms with E-state index in [2.05, 4.69) is 25.3 Å². The summed E-state index contributed by atoms with van der Waals surface area (Å²) in [6.07, 6.45) is 7.58. The van der Waals surface area contributed by atoms with Crippen LogP contribution < -0.4 is 10.9 Å². The minimum absolute atomic E-state index is 0.199. The number of nitrogens with one attached hydrogen (secondary N) is 2. The Kier molecular flexibility index (Phi) is 4.02. The van der Waals surface area contributed by atoms with E-state index in [0.29, 0.717) is 11.2 Å².